The zero-order valence-electron chi connectivity index (χ0n) is 7.94. The molecule has 0 bridgehead atoms. The molecule has 0 spiro atoms. The molecule has 0 atom stereocenters. The highest BCUT2D eigenvalue weighted by molar-refractivity contribution is 9.10. The fourth-order valence-electron chi connectivity index (χ4n) is 1.59. The highest BCUT2D eigenvalue weighted by Crippen LogP contribution is 2.23. The predicted molar refractivity (Wildman–Crippen MR) is 55.7 cm³/mol. The average molecular weight is 244 g/mol. The van der Waals surface area contributed by atoms with Gasteiger partial charge in [0.25, 0.3) is 0 Å². The summed E-state index contributed by atoms with van der Waals surface area (Å²) < 4.78 is 3.11. The van der Waals surface area contributed by atoms with Gasteiger partial charge in [0.15, 0.2) is 0 Å². The van der Waals surface area contributed by atoms with Crippen molar-refractivity contribution >= 4 is 15.9 Å². The van der Waals surface area contributed by atoms with Crippen LogP contribution in [-0.4, -0.2) is 33.8 Å². The van der Waals surface area contributed by atoms with E-state index in [4.69, 9.17) is 0 Å². The number of hydrogen-bond donors (Lipinski definition) is 0. The Morgan fingerprint density at radius 1 is 1.54 bits per heavy atom. The first-order chi connectivity index (χ1) is 6.16. The Morgan fingerprint density at radius 3 is 2.69 bits per heavy atom. The van der Waals surface area contributed by atoms with E-state index >= 15 is 0 Å². The summed E-state index contributed by atoms with van der Waals surface area (Å²) in [5.41, 5.74) is 0. The summed E-state index contributed by atoms with van der Waals surface area (Å²) in [5, 5.41) is 4.27. The monoisotopic (exact) mass is 243 g/mol. The van der Waals surface area contributed by atoms with E-state index in [1.165, 1.54) is 0 Å². The van der Waals surface area contributed by atoms with Crippen LogP contribution in [0.1, 0.15) is 19.9 Å². The molecule has 1 fully saturated rings. The predicted octanol–water partition coefficient (Wildman–Crippen LogP) is 1.91. The average Bonchev–Trinajstić information content (AvgIpc) is 2.31. The number of halogens is 1. The van der Waals surface area contributed by atoms with Crippen molar-refractivity contribution in [2.45, 2.75) is 25.9 Å². The molecule has 1 aromatic rings. The zero-order chi connectivity index (χ0) is 9.42. The number of aromatic nitrogens is 2. The largest absolute Gasteiger partial charge is 0.297 e. The van der Waals surface area contributed by atoms with E-state index < -0.39 is 0 Å². The zero-order valence-corrected chi connectivity index (χ0v) is 9.53. The lowest BCUT2D eigenvalue weighted by Gasteiger charge is -2.41. The first-order valence-electron chi connectivity index (χ1n) is 4.60. The van der Waals surface area contributed by atoms with Gasteiger partial charge < -0.3 is 0 Å². The summed E-state index contributed by atoms with van der Waals surface area (Å²) in [6, 6.07) is 1.24. The van der Waals surface area contributed by atoms with Crippen molar-refractivity contribution in [3.8, 4) is 0 Å². The lowest BCUT2D eigenvalue weighted by Crippen LogP contribution is -2.50. The van der Waals surface area contributed by atoms with Gasteiger partial charge in [0, 0.05) is 25.3 Å². The van der Waals surface area contributed by atoms with Gasteiger partial charge in [-0.3, -0.25) is 9.58 Å². The van der Waals surface area contributed by atoms with Crippen LogP contribution in [0.15, 0.2) is 16.9 Å². The van der Waals surface area contributed by atoms with Gasteiger partial charge in [-0.2, -0.15) is 5.10 Å². The quantitative estimate of drug-likeness (QED) is 0.792. The molecule has 0 radical (unpaired) electrons. The van der Waals surface area contributed by atoms with E-state index in [2.05, 4.69) is 39.8 Å². The molecular weight excluding hydrogens is 230 g/mol. The van der Waals surface area contributed by atoms with Crippen LogP contribution in [-0.2, 0) is 0 Å². The van der Waals surface area contributed by atoms with Crippen molar-refractivity contribution in [1.82, 2.24) is 14.7 Å². The molecule has 1 saturated heterocycles. The molecule has 1 aromatic heterocycles. The summed E-state index contributed by atoms with van der Waals surface area (Å²) in [5.74, 6) is 0. The van der Waals surface area contributed by atoms with Gasteiger partial charge in [-0.25, -0.2) is 0 Å². The van der Waals surface area contributed by atoms with Crippen molar-refractivity contribution in [3.05, 3.63) is 16.9 Å². The maximum atomic E-state index is 4.27. The van der Waals surface area contributed by atoms with E-state index in [0.717, 1.165) is 17.6 Å². The SMILES string of the molecule is CC(C)N1CC(n2cc(Br)cn2)C1. The van der Waals surface area contributed by atoms with Crippen LogP contribution in [0.4, 0.5) is 0 Å². The highest BCUT2D eigenvalue weighted by Gasteiger charge is 2.29. The molecule has 4 heteroatoms. The van der Waals surface area contributed by atoms with Gasteiger partial charge in [-0.1, -0.05) is 0 Å². The molecule has 0 aliphatic carbocycles. The van der Waals surface area contributed by atoms with Crippen molar-refractivity contribution in [1.29, 1.82) is 0 Å². The van der Waals surface area contributed by atoms with Crippen LogP contribution in [0.25, 0.3) is 0 Å². The summed E-state index contributed by atoms with van der Waals surface area (Å²) in [6.07, 6.45) is 3.89. The minimum absolute atomic E-state index is 0.577. The van der Waals surface area contributed by atoms with Crippen LogP contribution >= 0.6 is 15.9 Å². The van der Waals surface area contributed by atoms with Crippen LogP contribution < -0.4 is 0 Å². The summed E-state index contributed by atoms with van der Waals surface area (Å²) in [4.78, 5) is 2.44. The lowest BCUT2D eigenvalue weighted by molar-refractivity contribution is 0.0675. The number of likely N-dealkylation sites (tertiary alicyclic amines) is 1. The maximum absolute atomic E-state index is 4.27. The number of nitrogens with zero attached hydrogens (tertiary/aromatic N) is 3. The maximum Gasteiger partial charge on any atom is 0.0773 e. The third-order valence-electron chi connectivity index (χ3n) is 2.56. The molecule has 0 amide bonds. The fraction of sp³-hybridized carbons (Fsp3) is 0.667. The van der Waals surface area contributed by atoms with Gasteiger partial charge in [-0.15, -0.1) is 0 Å². The molecule has 1 aliphatic heterocycles. The van der Waals surface area contributed by atoms with Crippen molar-refractivity contribution in [2.75, 3.05) is 13.1 Å². The standard InChI is InChI=1S/C9H14BrN3/c1-7(2)12-5-9(6-12)13-4-8(10)3-11-13/h3-4,7,9H,5-6H2,1-2H3. The third-order valence-corrected chi connectivity index (χ3v) is 2.97. The molecule has 2 rings (SSSR count). The Balaban J connectivity index is 1.93. The molecule has 0 saturated carbocycles. The molecule has 13 heavy (non-hydrogen) atoms. The first kappa shape index (κ1) is 9.21. The Kier molecular flexibility index (Phi) is 2.43. The molecular formula is C9H14BrN3. The number of rotatable bonds is 2. The molecule has 72 valence electrons. The second-order valence-electron chi connectivity index (χ2n) is 3.84. The Bertz CT molecular complexity index is 289. The Hall–Kier alpha value is -0.350. The van der Waals surface area contributed by atoms with Gasteiger partial charge in [-0.05, 0) is 29.8 Å². The van der Waals surface area contributed by atoms with E-state index in [1.807, 2.05) is 17.1 Å². The Morgan fingerprint density at radius 2 is 2.23 bits per heavy atom. The van der Waals surface area contributed by atoms with Crippen LogP contribution in [0.5, 0.6) is 0 Å². The third kappa shape index (κ3) is 1.79. The normalized spacial score (nSPS) is 19.4. The molecule has 1 aliphatic rings. The van der Waals surface area contributed by atoms with Crippen LogP contribution in [0.3, 0.4) is 0 Å². The van der Waals surface area contributed by atoms with Gasteiger partial charge >= 0.3 is 0 Å². The second kappa shape index (κ2) is 3.42. The highest BCUT2D eigenvalue weighted by atomic mass is 79.9. The number of hydrogen-bond acceptors (Lipinski definition) is 2. The van der Waals surface area contributed by atoms with E-state index in [-0.39, 0.29) is 0 Å². The fourth-order valence-corrected chi connectivity index (χ4v) is 1.89. The molecule has 0 N–H and O–H groups in total. The van der Waals surface area contributed by atoms with Crippen molar-refractivity contribution in [3.63, 3.8) is 0 Å². The smallest absolute Gasteiger partial charge is 0.0773 e. The molecule has 2 heterocycles. The van der Waals surface area contributed by atoms with Gasteiger partial charge in [0.1, 0.15) is 0 Å². The van der Waals surface area contributed by atoms with E-state index in [1.54, 1.807) is 0 Å². The van der Waals surface area contributed by atoms with Gasteiger partial charge in [0.2, 0.25) is 0 Å². The van der Waals surface area contributed by atoms with Crippen LogP contribution in [0.2, 0.25) is 0 Å². The summed E-state index contributed by atoms with van der Waals surface area (Å²) >= 11 is 3.40. The minimum atomic E-state index is 0.577. The van der Waals surface area contributed by atoms with E-state index in [9.17, 15) is 0 Å². The Labute approximate surface area is 86.8 Å². The summed E-state index contributed by atoms with van der Waals surface area (Å²) in [7, 11) is 0. The van der Waals surface area contributed by atoms with Crippen molar-refractivity contribution < 1.29 is 0 Å². The topological polar surface area (TPSA) is 21.1 Å². The molecule has 0 aromatic carbocycles. The minimum Gasteiger partial charge on any atom is -0.297 e. The van der Waals surface area contributed by atoms with Crippen LogP contribution in [0, 0.1) is 0 Å². The lowest BCUT2D eigenvalue weighted by atomic mass is 10.1. The molecule has 3 nitrogen and oxygen atoms in total. The summed E-state index contributed by atoms with van der Waals surface area (Å²) in [6.45, 7) is 6.72. The molecule has 0 unspecified atom stereocenters. The van der Waals surface area contributed by atoms with Crippen molar-refractivity contribution in [2.24, 2.45) is 0 Å². The first-order valence-corrected chi connectivity index (χ1v) is 5.40. The van der Waals surface area contributed by atoms with Gasteiger partial charge in [0.05, 0.1) is 16.7 Å². The van der Waals surface area contributed by atoms with E-state index in [0.29, 0.717) is 12.1 Å². The second-order valence-corrected chi connectivity index (χ2v) is 4.76.